The van der Waals surface area contributed by atoms with Gasteiger partial charge >= 0.3 is 0 Å². The molecule has 0 amide bonds. The van der Waals surface area contributed by atoms with E-state index in [1.54, 1.807) is 0 Å². The lowest BCUT2D eigenvalue weighted by Gasteiger charge is -2.15. The molecule has 6 nitrogen and oxygen atoms in total. The highest BCUT2D eigenvalue weighted by atomic mass is 15.2. The number of rotatable bonds is 3. The van der Waals surface area contributed by atoms with E-state index in [9.17, 15) is 0 Å². The van der Waals surface area contributed by atoms with Crippen LogP contribution < -0.4 is 16.0 Å². The molecule has 3 N–H and O–H groups in total. The number of aromatic nitrogens is 3. The van der Waals surface area contributed by atoms with Gasteiger partial charge in [0.05, 0.1) is 5.39 Å². The smallest absolute Gasteiger partial charge is 0.226 e. The van der Waals surface area contributed by atoms with Crippen molar-refractivity contribution in [2.75, 3.05) is 30.8 Å². The summed E-state index contributed by atoms with van der Waals surface area (Å²) in [5.41, 5.74) is 4.72. The minimum absolute atomic E-state index is 0.401. The summed E-state index contributed by atoms with van der Waals surface area (Å²) in [6.45, 7) is 4.11. The molecule has 2 aliphatic rings. The zero-order valence-electron chi connectivity index (χ0n) is 13.2. The first kappa shape index (κ1) is 13.7. The lowest BCUT2D eigenvalue weighted by atomic mass is 10.1. The monoisotopic (exact) mass is 298 g/mol. The summed E-state index contributed by atoms with van der Waals surface area (Å²) in [5.74, 6) is 1.57. The summed E-state index contributed by atoms with van der Waals surface area (Å²) < 4.78 is 0. The molecule has 1 saturated heterocycles. The molecule has 4 rings (SSSR count). The van der Waals surface area contributed by atoms with Gasteiger partial charge in [-0.3, -0.25) is 0 Å². The Labute approximate surface area is 130 Å². The van der Waals surface area contributed by atoms with E-state index in [1.807, 2.05) is 7.05 Å². The largest absolute Gasteiger partial charge is 0.372 e. The molecule has 6 heteroatoms. The van der Waals surface area contributed by atoms with Crippen LogP contribution in [0.3, 0.4) is 0 Å². The fourth-order valence-corrected chi connectivity index (χ4v) is 3.66. The third kappa shape index (κ3) is 2.18. The summed E-state index contributed by atoms with van der Waals surface area (Å²) in [6, 6.07) is 0.401. The topological polar surface area (TPSA) is 74.8 Å². The van der Waals surface area contributed by atoms with Crippen LogP contribution in [0, 0.1) is 6.92 Å². The minimum Gasteiger partial charge on any atom is -0.372 e. The summed E-state index contributed by atoms with van der Waals surface area (Å²) in [5, 5.41) is 11.1. The summed E-state index contributed by atoms with van der Waals surface area (Å²) in [7, 11) is 1.92. The average Bonchev–Trinajstić information content (AvgIpc) is 3.17. The Bertz CT molecular complexity index is 720. The van der Waals surface area contributed by atoms with Gasteiger partial charge in [-0.25, -0.2) is 4.98 Å². The molecule has 2 aromatic rings. The standard InChI is InChI=1S/C16H22N6/c1-9-11-4-3-5-12(11)13-14(17-2)21-16(22-15(13)19-9)20-10-6-7-18-8-10/h10,18H,3-8H2,1-2H3,(H2,17,19,20,21,22). The second-order valence-electron chi connectivity index (χ2n) is 6.19. The molecule has 0 spiro atoms. The molecule has 1 fully saturated rings. The maximum absolute atomic E-state index is 4.74. The quantitative estimate of drug-likeness (QED) is 0.800. The van der Waals surface area contributed by atoms with Gasteiger partial charge in [0.2, 0.25) is 5.95 Å². The Morgan fingerprint density at radius 1 is 1.14 bits per heavy atom. The third-order valence-corrected chi connectivity index (χ3v) is 4.75. The van der Waals surface area contributed by atoms with Crippen molar-refractivity contribution < 1.29 is 0 Å². The number of nitrogens with zero attached hydrogens (tertiary/aromatic N) is 3. The predicted molar refractivity (Wildman–Crippen MR) is 88.5 cm³/mol. The minimum atomic E-state index is 0.401. The first-order valence-corrected chi connectivity index (χ1v) is 8.11. The van der Waals surface area contributed by atoms with Gasteiger partial charge in [-0.15, -0.1) is 0 Å². The highest BCUT2D eigenvalue weighted by molar-refractivity contribution is 5.92. The van der Waals surface area contributed by atoms with Crippen LogP contribution in [0.1, 0.15) is 29.7 Å². The number of anilines is 2. The van der Waals surface area contributed by atoms with Crippen molar-refractivity contribution in [3.05, 3.63) is 16.8 Å². The number of hydrogen-bond donors (Lipinski definition) is 3. The van der Waals surface area contributed by atoms with Crippen LogP contribution in [0.5, 0.6) is 0 Å². The lowest BCUT2D eigenvalue weighted by Crippen LogP contribution is -2.23. The molecule has 22 heavy (non-hydrogen) atoms. The Balaban J connectivity index is 1.83. The van der Waals surface area contributed by atoms with Gasteiger partial charge in [-0.2, -0.15) is 9.97 Å². The highest BCUT2D eigenvalue weighted by Gasteiger charge is 2.22. The molecular formula is C16H22N6. The van der Waals surface area contributed by atoms with Crippen LogP contribution >= 0.6 is 0 Å². The van der Waals surface area contributed by atoms with Gasteiger partial charge in [-0.1, -0.05) is 0 Å². The van der Waals surface area contributed by atoms with Crippen LogP contribution in [-0.2, 0) is 12.8 Å². The van der Waals surface area contributed by atoms with Gasteiger partial charge in [-0.05, 0) is 50.3 Å². The summed E-state index contributed by atoms with van der Waals surface area (Å²) >= 11 is 0. The summed E-state index contributed by atoms with van der Waals surface area (Å²) in [6.07, 6.45) is 4.54. The second kappa shape index (κ2) is 5.35. The lowest BCUT2D eigenvalue weighted by molar-refractivity contribution is 0.782. The predicted octanol–water partition coefficient (Wildman–Crippen LogP) is 1.64. The maximum Gasteiger partial charge on any atom is 0.226 e. The molecule has 0 saturated carbocycles. The number of aryl methyl sites for hydroxylation is 2. The average molecular weight is 298 g/mol. The Hall–Kier alpha value is -1.95. The molecular weight excluding hydrogens is 276 g/mol. The van der Waals surface area contributed by atoms with E-state index >= 15 is 0 Å². The Morgan fingerprint density at radius 2 is 2.00 bits per heavy atom. The van der Waals surface area contributed by atoms with E-state index in [4.69, 9.17) is 4.98 Å². The van der Waals surface area contributed by atoms with Gasteiger partial charge in [0, 0.05) is 25.3 Å². The Kier molecular flexibility index (Phi) is 3.33. The maximum atomic E-state index is 4.74. The summed E-state index contributed by atoms with van der Waals surface area (Å²) in [4.78, 5) is 14.1. The molecule has 0 bridgehead atoms. The first-order chi connectivity index (χ1) is 10.8. The van der Waals surface area contributed by atoms with E-state index in [1.165, 1.54) is 17.5 Å². The Morgan fingerprint density at radius 3 is 2.77 bits per heavy atom. The van der Waals surface area contributed by atoms with Crippen LogP contribution in [0.15, 0.2) is 0 Å². The molecule has 0 aromatic carbocycles. The van der Waals surface area contributed by atoms with E-state index in [0.717, 1.165) is 54.9 Å². The van der Waals surface area contributed by atoms with Crippen molar-refractivity contribution in [1.29, 1.82) is 0 Å². The molecule has 0 radical (unpaired) electrons. The van der Waals surface area contributed by atoms with Crippen molar-refractivity contribution in [2.45, 2.75) is 38.6 Å². The van der Waals surface area contributed by atoms with Gasteiger partial charge in [0.15, 0.2) is 5.65 Å². The molecule has 2 aromatic heterocycles. The molecule has 116 valence electrons. The van der Waals surface area contributed by atoms with Crippen molar-refractivity contribution in [3.63, 3.8) is 0 Å². The molecule has 1 aliphatic carbocycles. The first-order valence-electron chi connectivity index (χ1n) is 8.11. The van der Waals surface area contributed by atoms with Crippen LogP contribution in [-0.4, -0.2) is 41.1 Å². The van der Waals surface area contributed by atoms with E-state index in [2.05, 4.69) is 32.8 Å². The normalized spacial score (nSPS) is 20.4. The highest BCUT2D eigenvalue weighted by Crippen LogP contribution is 2.34. The van der Waals surface area contributed by atoms with Gasteiger partial charge < -0.3 is 16.0 Å². The van der Waals surface area contributed by atoms with Crippen molar-refractivity contribution >= 4 is 22.8 Å². The second-order valence-corrected chi connectivity index (χ2v) is 6.19. The fraction of sp³-hybridized carbons (Fsp3) is 0.562. The van der Waals surface area contributed by atoms with Gasteiger partial charge in [0.1, 0.15) is 5.82 Å². The van der Waals surface area contributed by atoms with E-state index < -0.39 is 0 Å². The van der Waals surface area contributed by atoms with Crippen molar-refractivity contribution in [2.24, 2.45) is 0 Å². The fourth-order valence-electron chi connectivity index (χ4n) is 3.66. The molecule has 1 unspecified atom stereocenters. The van der Waals surface area contributed by atoms with E-state index in [0.29, 0.717) is 12.0 Å². The number of pyridine rings is 1. The molecule has 1 atom stereocenters. The van der Waals surface area contributed by atoms with Crippen LogP contribution in [0.25, 0.3) is 11.0 Å². The zero-order chi connectivity index (χ0) is 15.1. The van der Waals surface area contributed by atoms with Gasteiger partial charge in [0.25, 0.3) is 0 Å². The van der Waals surface area contributed by atoms with Crippen LogP contribution in [0.4, 0.5) is 11.8 Å². The SMILES string of the molecule is CNc1nc(NC2CCNC2)nc2nc(C)c3c(c12)CCC3. The van der Waals surface area contributed by atoms with Crippen LogP contribution in [0.2, 0.25) is 0 Å². The zero-order valence-corrected chi connectivity index (χ0v) is 13.2. The van der Waals surface area contributed by atoms with Crippen molar-refractivity contribution in [1.82, 2.24) is 20.3 Å². The molecule has 1 aliphatic heterocycles. The number of hydrogen-bond acceptors (Lipinski definition) is 6. The third-order valence-electron chi connectivity index (χ3n) is 4.75. The van der Waals surface area contributed by atoms with E-state index in [-0.39, 0.29) is 0 Å². The molecule has 3 heterocycles. The number of nitrogens with one attached hydrogen (secondary N) is 3. The van der Waals surface area contributed by atoms with Crippen molar-refractivity contribution in [3.8, 4) is 0 Å². The number of fused-ring (bicyclic) bond motifs is 3.